The molecule has 0 spiro atoms. The van der Waals surface area contributed by atoms with E-state index in [0.29, 0.717) is 24.8 Å². The number of methoxy groups -OCH3 is 1. The first-order chi connectivity index (χ1) is 10.9. The number of furan rings is 1. The average molecular weight is 452 g/mol. The summed E-state index contributed by atoms with van der Waals surface area (Å²) in [6.45, 7) is 7.44. The van der Waals surface area contributed by atoms with Gasteiger partial charge in [0, 0.05) is 20.7 Å². The van der Waals surface area contributed by atoms with Gasteiger partial charge in [0.25, 0.3) is 0 Å². The smallest absolute Gasteiger partial charge is 0.239 e. The zero-order valence-corrected chi connectivity index (χ0v) is 17.3. The van der Waals surface area contributed by atoms with Gasteiger partial charge in [0.2, 0.25) is 5.91 Å². The van der Waals surface area contributed by atoms with E-state index < -0.39 is 0 Å². The van der Waals surface area contributed by atoms with Crippen LogP contribution in [0.15, 0.2) is 27.8 Å². The van der Waals surface area contributed by atoms with Crippen LogP contribution in [-0.4, -0.2) is 45.2 Å². The first kappa shape index (κ1) is 22.7. The zero-order valence-electron chi connectivity index (χ0n) is 15.0. The highest BCUT2D eigenvalue weighted by Gasteiger charge is 2.24. The normalized spacial score (nSPS) is 13.0. The lowest BCUT2D eigenvalue weighted by Gasteiger charge is -2.30. The lowest BCUT2D eigenvalue weighted by molar-refractivity contribution is -0.120. The molecule has 1 amide bonds. The molecule has 0 saturated carbocycles. The molecule has 0 saturated heterocycles. The molecule has 1 rings (SSSR count). The first-order valence-corrected chi connectivity index (χ1v) is 7.63. The Bertz CT molecular complexity index is 498. The van der Waals surface area contributed by atoms with Crippen molar-refractivity contribution in [3.63, 3.8) is 0 Å². The highest BCUT2D eigenvalue weighted by atomic mass is 127. The van der Waals surface area contributed by atoms with E-state index >= 15 is 0 Å². The highest BCUT2D eigenvalue weighted by Crippen LogP contribution is 2.20. The predicted molar refractivity (Wildman–Crippen MR) is 106 cm³/mol. The van der Waals surface area contributed by atoms with Gasteiger partial charge >= 0.3 is 0 Å². The van der Waals surface area contributed by atoms with Crippen LogP contribution in [0, 0.1) is 5.41 Å². The number of carbonyl (C=O) groups is 1. The molecular weight excluding hydrogens is 423 g/mol. The fourth-order valence-corrected chi connectivity index (χ4v) is 1.98. The van der Waals surface area contributed by atoms with Crippen LogP contribution >= 0.6 is 24.0 Å². The molecule has 1 unspecified atom stereocenters. The average Bonchev–Trinajstić information content (AvgIpc) is 3.00. The molecule has 0 aromatic carbocycles. The maximum atomic E-state index is 11.8. The Morgan fingerprint density at radius 1 is 1.33 bits per heavy atom. The number of nitrogens with one attached hydrogen (secondary N) is 3. The largest absolute Gasteiger partial charge is 0.467 e. The second kappa shape index (κ2) is 11.3. The van der Waals surface area contributed by atoms with Crippen LogP contribution in [0.25, 0.3) is 0 Å². The molecule has 1 aromatic heterocycles. The zero-order chi connectivity index (χ0) is 17.3. The summed E-state index contributed by atoms with van der Waals surface area (Å²) in [6.07, 6.45) is 1.61. The molecule has 0 aliphatic carbocycles. The second-order valence-corrected chi connectivity index (χ2v) is 6.25. The predicted octanol–water partition coefficient (Wildman–Crippen LogP) is 1.74. The topological polar surface area (TPSA) is 87.9 Å². The minimum atomic E-state index is -0.136. The number of ether oxygens (including phenoxy) is 1. The van der Waals surface area contributed by atoms with Crippen molar-refractivity contribution in [2.75, 3.05) is 27.2 Å². The van der Waals surface area contributed by atoms with E-state index in [1.165, 1.54) is 0 Å². The van der Waals surface area contributed by atoms with E-state index in [4.69, 9.17) is 9.15 Å². The molecule has 7 nitrogen and oxygen atoms in total. The van der Waals surface area contributed by atoms with Gasteiger partial charge in [0.15, 0.2) is 5.96 Å². The highest BCUT2D eigenvalue weighted by molar-refractivity contribution is 14.0. The van der Waals surface area contributed by atoms with Crippen molar-refractivity contribution in [3.8, 4) is 0 Å². The lowest BCUT2D eigenvalue weighted by Crippen LogP contribution is -2.47. The van der Waals surface area contributed by atoms with E-state index in [1.54, 1.807) is 26.5 Å². The lowest BCUT2D eigenvalue weighted by atomic mass is 9.89. The maximum absolute atomic E-state index is 11.8. The Hall–Kier alpha value is -1.29. The fourth-order valence-electron chi connectivity index (χ4n) is 1.98. The molecule has 1 heterocycles. The van der Waals surface area contributed by atoms with Gasteiger partial charge in [-0.2, -0.15) is 0 Å². The quantitative estimate of drug-likeness (QED) is 0.333. The molecule has 1 atom stereocenters. The van der Waals surface area contributed by atoms with Crippen LogP contribution in [0.4, 0.5) is 0 Å². The molecule has 0 fully saturated rings. The number of rotatable bonds is 7. The summed E-state index contributed by atoms with van der Waals surface area (Å²) in [5, 5.41) is 8.90. The number of amides is 1. The van der Waals surface area contributed by atoms with Crippen LogP contribution < -0.4 is 16.0 Å². The van der Waals surface area contributed by atoms with Gasteiger partial charge in [-0.3, -0.25) is 9.79 Å². The SMILES string of the molecule is CN=C(NCC(=O)NCc1ccco1)NCC(OC)C(C)(C)C.I. The van der Waals surface area contributed by atoms with Crippen LogP contribution in [0.1, 0.15) is 26.5 Å². The van der Waals surface area contributed by atoms with Gasteiger partial charge in [-0.25, -0.2) is 0 Å². The molecular formula is C16H29IN4O3. The number of guanidine groups is 1. The van der Waals surface area contributed by atoms with Crippen molar-refractivity contribution < 1.29 is 13.9 Å². The molecule has 0 radical (unpaired) electrons. The fraction of sp³-hybridized carbons (Fsp3) is 0.625. The minimum absolute atomic E-state index is 0. The van der Waals surface area contributed by atoms with E-state index in [9.17, 15) is 4.79 Å². The summed E-state index contributed by atoms with van der Waals surface area (Å²) in [7, 11) is 3.35. The Kier molecular flexibility index (Phi) is 10.7. The summed E-state index contributed by atoms with van der Waals surface area (Å²) in [5.41, 5.74) is 0.0149. The van der Waals surface area contributed by atoms with Crippen LogP contribution in [-0.2, 0) is 16.1 Å². The Balaban J connectivity index is 0.00000529. The third-order valence-electron chi connectivity index (χ3n) is 3.39. The maximum Gasteiger partial charge on any atom is 0.239 e. The number of aliphatic imine (C=N–C) groups is 1. The Morgan fingerprint density at radius 2 is 2.04 bits per heavy atom. The molecule has 0 aliphatic rings. The van der Waals surface area contributed by atoms with Crippen LogP contribution in [0.2, 0.25) is 0 Å². The molecule has 0 aliphatic heterocycles. The van der Waals surface area contributed by atoms with E-state index in [2.05, 4.69) is 41.7 Å². The summed E-state index contributed by atoms with van der Waals surface area (Å²) in [6, 6.07) is 3.60. The molecule has 1 aromatic rings. The summed E-state index contributed by atoms with van der Waals surface area (Å²) in [4.78, 5) is 15.9. The first-order valence-electron chi connectivity index (χ1n) is 7.63. The van der Waals surface area contributed by atoms with Crippen molar-refractivity contribution in [1.82, 2.24) is 16.0 Å². The van der Waals surface area contributed by atoms with Crippen LogP contribution in [0.3, 0.4) is 0 Å². The van der Waals surface area contributed by atoms with E-state index in [1.807, 2.05) is 6.07 Å². The third kappa shape index (κ3) is 8.53. The minimum Gasteiger partial charge on any atom is -0.467 e. The van der Waals surface area contributed by atoms with Crippen molar-refractivity contribution in [2.45, 2.75) is 33.4 Å². The van der Waals surface area contributed by atoms with Crippen molar-refractivity contribution in [3.05, 3.63) is 24.2 Å². The van der Waals surface area contributed by atoms with Gasteiger partial charge in [-0.1, -0.05) is 20.8 Å². The second-order valence-electron chi connectivity index (χ2n) is 6.25. The monoisotopic (exact) mass is 452 g/mol. The van der Waals surface area contributed by atoms with Crippen LogP contribution in [0.5, 0.6) is 0 Å². The van der Waals surface area contributed by atoms with Gasteiger partial charge in [0.1, 0.15) is 5.76 Å². The molecule has 24 heavy (non-hydrogen) atoms. The Labute approximate surface area is 161 Å². The number of nitrogens with zero attached hydrogens (tertiary/aromatic N) is 1. The number of carbonyl (C=O) groups excluding carboxylic acids is 1. The third-order valence-corrected chi connectivity index (χ3v) is 3.39. The summed E-state index contributed by atoms with van der Waals surface area (Å²) >= 11 is 0. The Morgan fingerprint density at radius 3 is 2.54 bits per heavy atom. The number of hydrogen-bond donors (Lipinski definition) is 3. The number of hydrogen-bond acceptors (Lipinski definition) is 4. The van der Waals surface area contributed by atoms with Gasteiger partial charge in [-0.15, -0.1) is 24.0 Å². The van der Waals surface area contributed by atoms with Crippen molar-refractivity contribution >= 4 is 35.8 Å². The molecule has 8 heteroatoms. The van der Waals surface area contributed by atoms with E-state index in [0.717, 1.165) is 0 Å². The molecule has 138 valence electrons. The molecule has 3 N–H and O–H groups in total. The summed E-state index contributed by atoms with van der Waals surface area (Å²) < 4.78 is 10.6. The van der Waals surface area contributed by atoms with E-state index in [-0.39, 0.29) is 47.9 Å². The van der Waals surface area contributed by atoms with Gasteiger partial charge < -0.3 is 25.1 Å². The standard InChI is InChI=1S/C16H28N4O3.HI/c1-16(2,3)13(22-5)10-19-15(17-4)20-11-14(21)18-9-12-7-6-8-23-12;/h6-8,13H,9-11H2,1-5H3,(H,18,21)(H2,17,19,20);1H. The van der Waals surface area contributed by atoms with Crippen molar-refractivity contribution in [1.29, 1.82) is 0 Å². The van der Waals surface area contributed by atoms with Gasteiger partial charge in [0.05, 0.1) is 25.5 Å². The number of halogens is 1. The van der Waals surface area contributed by atoms with Gasteiger partial charge in [-0.05, 0) is 17.5 Å². The summed E-state index contributed by atoms with van der Waals surface area (Å²) in [5.74, 6) is 1.14. The van der Waals surface area contributed by atoms with Crippen molar-refractivity contribution in [2.24, 2.45) is 10.4 Å². The molecule has 0 bridgehead atoms.